The average Bonchev–Trinajstić information content (AvgIpc) is 3.34. The number of amides is 1. The topological polar surface area (TPSA) is 92.3 Å². The maximum absolute atomic E-state index is 13.2. The number of nitrogens with zero attached hydrogens (tertiary/aromatic N) is 3. The van der Waals surface area contributed by atoms with Gasteiger partial charge in [0.1, 0.15) is 12.4 Å². The molecular weight excluding hydrogens is 481 g/mol. The van der Waals surface area contributed by atoms with Crippen molar-refractivity contribution in [3.05, 3.63) is 77.7 Å². The Balaban J connectivity index is 1.45. The number of aryl methyl sites for hydroxylation is 1. The van der Waals surface area contributed by atoms with Gasteiger partial charge in [-0.3, -0.25) is 4.79 Å². The molecule has 1 amide bonds. The van der Waals surface area contributed by atoms with Crippen LogP contribution >= 0.6 is 0 Å². The molecule has 0 aliphatic carbocycles. The number of carbonyl (C=O) groups excluding carboxylic acids is 1. The second-order valence-electron chi connectivity index (χ2n) is 8.23. The fourth-order valence-corrected chi connectivity index (χ4v) is 5.92. The fourth-order valence-electron chi connectivity index (χ4n) is 4.04. The van der Waals surface area contributed by atoms with Crippen LogP contribution in [0.25, 0.3) is 11.3 Å². The van der Waals surface area contributed by atoms with Gasteiger partial charge in [0.15, 0.2) is 0 Å². The van der Waals surface area contributed by atoms with E-state index in [1.165, 1.54) is 28.8 Å². The van der Waals surface area contributed by atoms with Gasteiger partial charge in [-0.1, -0.05) is 30.3 Å². The smallest absolute Gasteiger partial charge is 0.349 e. The molecule has 11 heteroatoms. The third-order valence-electron chi connectivity index (χ3n) is 5.86. The first-order valence-electron chi connectivity index (χ1n) is 10.9. The van der Waals surface area contributed by atoms with Gasteiger partial charge >= 0.3 is 6.18 Å². The summed E-state index contributed by atoms with van der Waals surface area (Å²) >= 11 is 0. The van der Waals surface area contributed by atoms with Crippen LogP contribution in [0, 0.1) is 6.92 Å². The lowest BCUT2D eigenvalue weighted by atomic mass is 10.1. The minimum atomic E-state index is -4.43. The van der Waals surface area contributed by atoms with Crippen LogP contribution in [0.4, 0.5) is 13.2 Å². The van der Waals surface area contributed by atoms with Crippen molar-refractivity contribution in [3.8, 4) is 11.3 Å². The number of halogens is 3. The number of sulfonamides is 1. The summed E-state index contributed by atoms with van der Waals surface area (Å²) in [5.41, 5.74) is 1.16. The molecule has 2 aromatic carbocycles. The van der Waals surface area contributed by atoms with Gasteiger partial charge in [0, 0.05) is 12.1 Å². The minimum Gasteiger partial charge on any atom is -0.349 e. The monoisotopic (exact) mass is 504 g/mol. The third kappa shape index (κ3) is 5.35. The summed E-state index contributed by atoms with van der Waals surface area (Å²) in [6, 6.07) is 12.0. The van der Waals surface area contributed by atoms with Gasteiger partial charge in [0.05, 0.1) is 28.4 Å². The second-order valence-corrected chi connectivity index (χ2v) is 10.1. The van der Waals surface area contributed by atoms with Crippen molar-refractivity contribution in [3.63, 3.8) is 0 Å². The second kappa shape index (κ2) is 9.74. The van der Waals surface area contributed by atoms with Gasteiger partial charge < -0.3 is 5.32 Å². The Morgan fingerprint density at radius 3 is 2.51 bits per heavy atom. The fraction of sp³-hybridized carbons (Fsp3) is 0.292. The predicted octanol–water partition coefficient (Wildman–Crippen LogP) is 3.94. The summed E-state index contributed by atoms with van der Waals surface area (Å²) in [5.74, 6) is -0.436. The highest BCUT2D eigenvalue weighted by Crippen LogP contribution is 2.31. The number of hydrogen-bond acceptors (Lipinski definition) is 5. The van der Waals surface area contributed by atoms with E-state index in [9.17, 15) is 26.4 Å². The SMILES string of the molecule is Cc1ccccc1S(=O)(=O)N1CCC[C@H]1C(=O)NCc1cc(-c2ccc(C(F)(F)F)cc2)ncn1. The largest absolute Gasteiger partial charge is 0.416 e. The van der Waals surface area contributed by atoms with E-state index >= 15 is 0 Å². The van der Waals surface area contributed by atoms with Crippen molar-refractivity contribution in [1.82, 2.24) is 19.6 Å². The number of carbonyl (C=O) groups is 1. The van der Waals surface area contributed by atoms with Gasteiger partial charge in [-0.25, -0.2) is 18.4 Å². The average molecular weight is 505 g/mol. The van der Waals surface area contributed by atoms with E-state index in [1.54, 1.807) is 31.2 Å². The Hall–Kier alpha value is -3.31. The van der Waals surface area contributed by atoms with E-state index in [0.717, 1.165) is 12.1 Å². The molecule has 0 spiro atoms. The lowest BCUT2D eigenvalue weighted by molar-refractivity contribution is -0.137. The number of rotatable bonds is 6. The lowest BCUT2D eigenvalue weighted by Crippen LogP contribution is -2.45. The number of benzene rings is 2. The van der Waals surface area contributed by atoms with E-state index in [1.807, 2.05) is 0 Å². The molecule has 0 bridgehead atoms. The molecule has 0 radical (unpaired) electrons. The zero-order chi connectivity index (χ0) is 25.2. The molecule has 2 heterocycles. The highest BCUT2D eigenvalue weighted by Gasteiger charge is 2.39. The molecule has 3 aromatic rings. The normalized spacial score (nSPS) is 16.9. The van der Waals surface area contributed by atoms with Crippen LogP contribution in [0.1, 0.15) is 29.7 Å². The van der Waals surface area contributed by atoms with Gasteiger partial charge in [-0.05, 0) is 49.6 Å². The van der Waals surface area contributed by atoms with Crippen molar-refractivity contribution in [1.29, 1.82) is 0 Å². The van der Waals surface area contributed by atoms with Crippen LogP contribution in [0.3, 0.4) is 0 Å². The Morgan fingerprint density at radius 2 is 1.83 bits per heavy atom. The molecule has 1 fully saturated rings. The quantitative estimate of drug-likeness (QED) is 0.549. The molecule has 4 rings (SSSR count). The van der Waals surface area contributed by atoms with Crippen molar-refractivity contribution < 1.29 is 26.4 Å². The summed E-state index contributed by atoms with van der Waals surface area (Å²) in [5, 5.41) is 2.73. The first-order chi connectivity index (χ1) is 16.6. The summed E-state index contributed by atoms with van der Waals surface area (Å²) in [6.07, 6.45) is -2.20. The molecule has 35 heavy (non-hydrogen) atoms. The van der Waals surface area contributed by atoms with E-state index in [4.69, 9.17) is 0 Å². The van der Waals surface area contributed by atoms with E-state index in [0.29, 0.717) is 35.4 Å². The molecule has 0 unspecified atom stereocenters. The highest BCUT2D eigenvalue weighted by molar-refractivity contribution is 7.89. The van der Waals surface area contributed by atoms with Gasteiger partial charge in [0.2, 0.25) is 15.9 Å². The van der Waals surface area contributed by atoms with Crippen molar-refractivity contribution in [2.45, 2.75) is 43.4 Å². The molecule has 184 valence electrons. The molecule has 7 nitrogen and oxygen atoms in total. The van der Waals surface area contributed by atoms with Crippen LogP contribution in [0.15, 0.2) is 65.8 Å². The molecular formula is C24H23F3N4O3S. The summed E-state index contributed by atoms with van der Waals surface area (Å²) in [7, 11) is -3.84. The summed E-state index contributed by atoms with van der Waals surface area (Å²) in [4.78, 5) is 21.3. The van der Waals surface area contributed by atoms with Crippen molar-refractivity contribution in [2.24, 2.45) is 0 Å². The lowest BCUT2D eigenvalue weighted by Gasteiger charge is -2.24. The molecule has 1 aliphatic rings. The molecule has 1 aliphatic heterocycles. The maximum atomic E-state index is 13.2. The molecule has 0 saturated carbocycles. The number of alkyl halides is 3. The zero-order valence-corrected chi connectivity index (χ0v) is 19.6. The molecule has 1 N–H and O–H groups in total. The first kappa shape index (κ1) is 24.8. The Morgan fingerprint density at radius 1 is 1.11 bits per heavy atom. The number of aromatic nitrogens is 2. The number of hydrogen-bond donors (Lipinski definition) is 1. The van der Waals surface area contributed by atoms with Crippen LogP contribution in [-0.2, 0) is 27.5 Å². The molecule has 1 aromatic heterocycles. The summed E-state index contributed by atoms with van der Waals surface area (Å²) < 4.78 is 66.0. The van der Waals surface area contributed by atoms with E-state index in [-0.39, 0.29) is 18.0 Å². The molecule has 1 atom stereocenters. The zero-order valence-electron chi connectivity index (χ0n) is 18.8. The summed E-state index contributed by atoms with van der Waals surface area (Å²) in [6.45, 7) is 1.98. The van der Waals surface area contributed by atoms with Crippen LogP contribution < -0.4 is 5.32 Å². The van der Waals surface area contributed by atoms with Crippen molar-refractivity contribution in [2.75, 3.05) is 6.54 Å². The molecule has 1 saturated heterocycles. The van der Waals surface area contributed by atoms with E-state index in [2.05, 4.69) is 15.3 Å². The van der Waals surface area contributed by atoms with Gasteiger partial charge in [0.25, 0.3) is 0 Å². The predicted molar refractivity (Wildman–Crippen MR) is 122 cm³/mol. The van der Waals surface area contributed by atoms with Crippen molar-refractivity contribution >= 4 is 15.9 Å². The number of nitrogens with one attached hydrogen (secondary N) is 1. The Bertz CT molecular complexity index is 1330. The van der Waals surface area contributed by atoms with Crippen LogP contribution in [0.5, 0.6) is 0 Å². The highest BCUT2D eigenvalue weighted by atomic mass is 32.2. The first-order valence-corrected chi connectivity index (χ1v) is 12.3. The van der Waals surface area contributed by atoms with Gasteiger partial charge in [-0.2, -0.15) is 17.5 Å². The van der Waals surface area contributed by atoms with E-state index < -0.39 is 33.7 Å². The van der Waals surface area contributed by atoms with Crippen LogP contribution in [0.2, 0.25) is 0 Å². The Labute approximate surface area is 201 Å². The van der Waals surface area contributed by atoms with Crippen LogP contribution in [-0.4, -0.2) is 41.2 Å². The third-order valence-corrected chi connectivity index (χ3v) is 7.93. The Kier molecular flexibility index (Phi) is 6.91. The van der Waals surface area contributed by atoms with Gasteiger partial charge in [-0.15, -0.1) is 0 Å². The standard InChI is InChI=1S/C24H23F3N4O3S/c1-16-5-2-3-7-22(16)35(33,34)31-12-4-6-21(31)23(32)28-14-19-13-20(30-15-29-19)17-8-10-18(11-9-17)24(25,26)27/h2-3,5,7-11,13,15,21H,4,6,12,14H2,1H3,(H,28,32)/t21-/m0/s1. The minimum absolute atomic E-state index is 0.0176. The maximum Gasteiger partial charge on any atom is 0.416 e.